The lowest BCUT2D eigenvalue weighted by Gasteiger charge is -2.40. The summed E-state index contributed by atoms with van der Waals surface area (Å²) in [7, 11) is 3.54. The van der Waals surface area contributed by atoms with Crippen molar-refractivity contribution in [1.82, 2.24) is 57.7 Å². The molecule has 2 aliphatic rings. The minimum Gasteiger partial charge on any atom is -0.508 e. The highest BCUT2D eigenvalue weighted by atomic mass is 16.5. The number of amides is 12. The zero-order valence-corrected chi connectivity index (χ0v) is 58.8. The number of rotatable bonds is 26. The lowest BCUT2D eigenvalue weighted by atomic mass is 9.87. The minimum atomic E-state index is -2.45. The van der Waals surface area contributed by atoms with Crippen LogP contribution in [0.4, 0.5) is 0 Å². The van der Waals surface area contributed by atoms with Crippen molar-refractivity contribution in [3.63, 3.8) is 0 Å². The summed E-state index contributed by atoms with van der Waals surface area (Å²) in [6.07, 6.45) is -1.18. The van der Waals surface area contributed by atoms with Crippen LogP contribution >= 0.6 is 0 Å². The van der Waals surface area contributed by atoms with E-state index in [0.717, 1.165) is 55.9 Å². The molecule has 0 bridgehead atoms. The fourth-order valence-corrected chi connectivity index (χ4v) is 10.8. The van der Waals surface area contributed by atoms with Crippen LogP contribution in [0.25, 0.3) is 0 Å². The van der Waals surface area contributed by atoms with E-state index in [1.165, 1.54) is 92.0 Å². The van der Waals surface area contributed by atoms with E-state index < -0.39 is 204 Å². The summed E-state index contributed by atoms with van der Waals surface area (Å²) in [6, 6.07) is -8.70. The van der Waals surface area contributed by atoms with Crippen molar-refractivity contribution in [2.75, 3.05) is 47.5 Å². The number of piperidine rings is 1. The lowest BCUT2D eigenvalue weighted by Crippen LogP contribution is -2.64. The molecular weight excluding hydrogens is 1300 g/mol. The molecule has 33 nitrogen and oxygen atoms in total. The molecule has 0 radical (unpaired) electrons. The molecule has 0 spiro atoms. The van der Waals surface area contributed by atoms with Gasteiger partial charge in [-0.2, -0.15) is 0 Å². The Morgan fingerprint density at radius 3 is 2.05 bits per heavy atom. The molecule has 2 fully saturated rings. The molecule has 3 rings (SSSR count). The number of nitrogens with one attached hydrogen (secondary N) is 9. The molecule has 552 valence electrons. The summed E-state index contributed by atoms with van der Waals surface area (Å²) in [6.45, 7) is 14.7. The maximum absolute atomic E-state index is 15.3. The third kappa shape index (κ3) is 23.9. The summed E-state index contributed by atoms with van der Waals surface area (Å²) in [4.78, 5) is 186. The number of nitrogens with zero attached hydrogens (tertiary/aromatic N) is 2. The molecule has 99 heavy (non-hydrogen) atoms. The van der Waals surface area contributed by atoms with Gasteiger partial charge in [0, 0.05) is 33.7 Å². The molecule has 0 aromatic heterocycles. The number of likely N-dealkylation sites (N-methyl/N-ethyl adjacent to an activating group) is 1. The number of hydrogen-bond acceptors (Lipinski definition) is 21. The first-order valence-electron chi connectivity index (χ1n) is 32.6. The number of carbonyl (C=O) groups is 13. The third-order valence-electron chi connectivity index (χ3n) is 17.2. The van der Waals surface area contributed by atoms with Gasteiger partial charge in [-0.3, -0.25) is 57.5 Å². The van der Waals surface area contributed by atoms with E-state index in [4.69, 9.17) is 19.9 Å². The topological polar surface area (TPSA) is 492 Å². The van der Waals surface area contributed by atoms with E-state index in [1.807, 2.05) is 19.9 Å². The van der Waals surface area contributed by atoms with Crippen molar-refractivity contribution in [1.29, 1.82) is 0 Å². The molecule has 2 aliphatic heterocycles. The molecule has 16 N–H and O–H groups in total. The number of aliphatic hydroxyl groups is 4. The van der Waals surface area contributed by atoms with Crippen molar-refractivity contribution in [2.24, 2.45) is 29.4 Å². The number of ether oxygens (including phenoxy) is 3. The smallest absolute Gasteiger partial charge is 0.329 e. The number of cyclic esters (lactones) is 1. The van der Waals surface area contributed by atoms with Crippen molar-refractivity contribution in [3.8, 4) is 5.75 Å². The molecule has 0 aliphatic carbocycles. The number of aromatic hydroxyl groups is 1. The molecule has 33 heteroatoms. The van der Waals surface area contributed by atoms with Gasteiger partial charge in [0.05, 0.1) is 31.9 Å². The first-order valence-corrected chi connectivity index (χ1v) is 32.6. The zero-order chi connectivity index (χ0) is 75.1. The van der Waals surface area contributed by atoms with Crippen molar-refractivity contribution >= 4 is 76.9 Å². The quantitative estimate of drug-likeness (QED) is 0.0248. The number of phenolic OH excluding ortho intramolecular Hbond substituents is 1. The lowest BCUT2D eigenvalue weighted by molar-refractivity contribution is -0.168. The molecule has 2 saturated heterocycles. The van der Waals surface area contributed by atoms with Gasteiger partial charge in [-0.05, 0) is 96.3 Å². The number of primary amides is 1. The molecule has 17 unspecified atom stereocenters. The first-order chi connectivity index (χ1) is 46.3. The maximum Gasteiger partial charge on any atom is 0.329 e. The Kier molecular flexibility index (Phi) is 33.3. The number of hydrogen-bond donors (Lipinski definition) is 15. The standard InChI is InChI=1S/C66H102N12O21/c1-16-33(5)28-34(6)21-26-45(82)66(12,96)65(95)69-30-47(84)73-49(38(10)79)59(89)71-42(17-2)57(87)74-48(35(7)36(8)55(67)85)58(88)75-50-53(32(3)4)99-64(94)44-20-18-19-27-78(44)63(93)51(54(98-15)40-22-24-41(81)25-23-40)76-61(91)52(39(11)80)77(13)62(92)37(9)70-46(83)29-68-56(86)43(31-97-14)72-60(50)90/h17,21-26,28,32-33,35-39,43-45,48-54,79-82,96H,16,18-20,27,29-31H2,1-15H3,(H2,67,85)(H,68,86)(H,69,95)(H,70,83)(H,71,89)(H,72,90)(H,73,84)(H,74,87)(H,75,88)(H,76,91). The number of allylic oxidation sites excluding steroid dienone is 4. The number of aliphatic hydroxyl groups excluding tert-OH is 3. The predicted molar refractivity (Wildman–Crippen MR) is 355 cm³/mol. The molecule has 1 aromatic carbocycles. The Labute approximate surface area is 575 Å². The van der Waals surface area contributed by atoms with Crippen LogP contribution in [-0.4, -0.2) is 238 Å². The first kappa shape index (κ1) is 84.3. The Balaban J connectivity index is 2.17. The highest BCUT2D eigenvalue weighted by molar-refractivity contribution is 6.03. The highest BCUT2D eigenvalue weighted by Crippen LogP contribution is 2.29. The second-order valence-electron chi connectivity index (χ2n) is 25.5. The number of phenols is 1. The normalized spacial score (nSPS) is 24.1. The van der Waals surface area contributed by atoms with Gasteiger partial charge in [0.15, 0.2) is 5.60 Å². The Bertz CT molecular complexity index is 3140. The van der Waals surface area contributed by atoms with Crippen molar-refractivity contribution < 1.29 is 102 Å². The van der Waals surface area contributed by atoms with E-state index in [0.29, 0.717) is 12.8 Å². The van der Waals surface area contributed by atoms with Gasteiger partial charge in [-0.1, -0.05) is 90.0 Å². The number of carbonyl (C=O) groups excluding carboxylic acids is 13. The second kappa shape index (κ2) is 39.0. The van der Waals surface area contributed by atoms with Crippen LogP contribution in [0.2, 0.25) is 0 Å². The van der Waals surface area contributed by atoms with Gasteiger partial charge < -0.3 is 103 Å². The summed E-state index contributed by atoms with van der Waals surface area (Å²) < 4.78 is 17.3. The number of benzene rings is 1. The number of methoxy groups -OCH3 is 2. The molecular formula is C66H102N12O21. The molecule has 0 saturated carbocycles. The van der Waals surface area contributed by atoms with Crippen LogP contribution < -0.4 is 53.6 Å². The Morgan fingerprint density at radius 1 is 0.859 bits per heavy atom. The van der Waals surface area contributed by atoms with Gasteiger partial charge >= 0.3 is 5.97 Å². The van der Waals surface area contributed by atoms with Crippen LogP contribution in [0.5, 0.6) is 5.75 Å². The van der Waals surface area contributed by atoms with Crippen LogP contribution in [0.1, 0.15) is 120 Å². The van der Waals surface area contributed by atoms with Crippen LogP contribution in [0.15, 0.2) is 59.8 Å². The number of nitrogens with two attached hydrogens (primary N) is 1. The SMILES string of the molecule is CC=C(NC(=O)C(NC(=O)CNC(=O)C(C)(O)C(O)C=CC(C)=CC(C)CC)C(C)O)C(=O)NC(C(=O)NC1C(=O)NC(COC)C(=O)NCC(=O)NC(C)C(=O)N(C)C(C(C)O)C(=O)NC(C(OC)c2ccc(O)cc2)C(=O)N2CCCCC2C(=O)OC1C(C)C)C(C)C(C)C(N)=O. The zero-order valence-electron chi connectivity index (χ0n) is 58.8. The van der Waals surface area contributed by atoms with E-state index in [-0.39, 0.29) is 30.2 Å². The largest absolute Gasteiger partial charge is 0.508 e. The molecule has 2 heterocycles. The fraction of sp³-hybridized carbons (Fsp3) is 0.621. The van der Waals surface area contributed by atoms with E-state index in [2.05, 4.69) is 47.9 Å². The summed E-state index contributed by atoms with van der Waals surface area (Å²) in [5.41, 5.74) is 3.64. The van der Waals surface area contributed by atoms with Crippen molar-refractivity contribution in [3.05, 3.63) is 65.4 Å². The fourth-order valence-electron chi connectivity index (χ4n) is 10.8. The van der Waals surface area contributed by atoms with Gasteiger partial charge in [0.2, 0.25) is 59.1 Å². The van der Waals surface area contributed by atoms with E-state index in [9.17, 15) is 68.7 Å². The van der Waals surface area contributed by atoms with Crippen molar-refractivity contribution in [2.45, 2.75) is 193 Å². The van der Waals surface area contributed by atoms with Gasteiger partial charge in [0.25, 0.3) is 11.8 Å². The molecule has 1 aromatic rings. The Morgan fingerprint density at radius 2 is 1.49 bits per heavy atom. The monoisotopic (exact) mass is 1400 g/mol. The van der Waals surface area contributed by atoms with Gasteiger partial charge in [-0.15, -0.1) is 0 Å². The van der Waals surface area contributed by atoms with Gasteiger partial charge in [-0.25, -0.2) is 4.79 Å². The Hall–Kier alpha value is -8.89. The predicted octanol–water partition coefficient (Wildman–Crippen LogP) is -3.12. The number of esters is 1. The highest BCUT2D eigenvalue weighted by Gasteiger charge is 2.47. The van der Waals surface area contributed by atoms with E-state index in [1.54, 1.807) is 6.92 Å². The summed E-state index contributed by atoms with van der Waals surface area (Å²) >= 11 is 0. The maximum atomic E-state index is 15.3. The summed E-state index contributed by atoms with van der Waals surface area (Å²) in [5, 5.41) is 75.0. The molecule has 17 atom stereocenters. The number of fused-ring (bicyclic) bond motifs is 1. The third-order valence-corrected chi connectivity index (χ3v) is 17.2. The second-order valence-corrected chi connectivity index (χ2v) is 25.5. The van der Waals surface area contributed by atoms with Crippen LogP contribution in [-0.2, 0) is 76.5 Å². The molecule has 12 amide bonds. The van der Waals surface area contributed by atoms with Gasteiger partial charge in [0.1, 0.15) is 78.1 Å². The van der Waals surface area contributed by atoms with Crippen LogP contribution in [0, 0.1) is 23.7 Å². The average molecular weight is 1400 g/mol. The van der Waals surface area contributed by atoms with Crippen LogP contribution in [0.3, 0.4) is 0 Å². The summed E-state index contributed by atoms with van der Waals surface area (Å²) in [5.74, 6) is -17.9. The minimum absolute atomic E-state index is 0.0856. The average Bonchev–Trinajstić information content (AvgIpc) is 0.801. The van der Waals surface area contributed by atoms with E-state index >= 15 is 19.2 Å².